The lowest BCUT2D eigenvalue weighted by Crippen LogP contribution is -1.95. The van der Waals surface area contributed by atoms with Gasteiger partial charge in [-0.25, -0.2) is 4.79 Å². The second-order valence-corrected chi connectivity index (χ2v) is 5.17. The fourth-order valence-electron chi connectivity index (χ4n) is 1.83. The van der Waals surface area contributed by atoms with Crippen LogP contribution in [0.1, 0.15) is 10.4 Å². The standard InChI is InChI=1S/C12H12N2O.C7H7NO2/c13-9-1-5-11(6-2-9)15-12-7-3-10(14)4-8-12;8-6-3-1-5(2-4-6)7(9)10/h1-8H,13-14H2;1-4H,8H2,(H,9,10). The first-order chi connectivity index (χ1) is 11.9. The summed E-state index contributed by atoms with van der Waals surface area (Å²) in [4.78, 5) is 10.3. The van der Waals surface area contributed by atoms with Crippen molar-refractivity contribution in [1.29, 1.82) is 0 Å². The molecular formula is C19H19N3O3. The van der Waals surface area contributed by atoms with E-state index in [-0.39, 0.29) is 5.56 Å². The van der Waals surface area contributed by atoms with Crippen LogP contribution in [0.25, 0.3) is 0 Å². The van der Waals surface area contributed by atoms with Crippen molar-refractivity contribution < 1.29 is 14.6 Å². The van der Waals surface area contributed by atoms with E-state index in [1.165, 1.54) is 12.1 Å². The molecule has 0 radical (unpaired) electrons. The number of hydrogen-bond acceptors (Lipinski definition) is 5. The maximum Gasteiger partial charge on any atom is 0.335 e. The maximum atomic E-state index is 10.3. The Morgan fingerprint density at radius 2 is 0.960 bits per heavy atom. The van der Waals surface area contributed by atoms with Crippen LogP contribution in [0.3, 0.4) is 0 Å². The second kappa shape index (κ2) is 8.26. The number of aromatic carboxylic acids is 1. The molecule has 6 heteroatoms. The van der Waals surface area contributed by atoms with Gasteiger partial charge in [-0.3, -0.25) is 0 Å². The molecule has 128 valence electrons. The first-order valence-electron chi connectivity index (χ1n) is 7.42. The summed E-state index contributed by atoms with van der Waals surface area (Å²) < 4.78 is 5.58. The van der Waals surface area contributed by atoms with Gasteiger partial charge in [-0.1, -0.05) is 0 Å². The van der Waals surface area contributed by atoms with Gasteiger partial charge in [-0.05, 0) is 72.8 Å². The van der Waals surface area contributed by atoms with Gasteiger partial charge >= 0.3 is 5.97 Å². The third kappa shape index (κ3) is 5.80. The van der Waals surface area contributed by atoms with Crippen molar-refractivity contribution in [2.75, 3.05) is 17.2 Å². The molecule has 3 aromatic rings. The molecule has 0 amide bonds. The monoisotopic (exact) mass is 337 g/mol. The van der Waals surface area contributed by atoms with E-state index < -0.39 is 5.97 Å². The number of hydrogen-bond donors (Lipinski definition) is 4. The molecule has 0 fully saturated rings. The van der Waals surface area contributed by atoms with Crippen LogP contribution in [0.4, 0.5) is 17.1 Å². The van der Waals surface area contributed by atoms with Crippen molar-refractivity contribution >= 4 is 23.0 Å². The Morgan fingerprint density at radius 1 is 0.640 bits per heavy atom. The van der Waals surface area contributed by atoms with Crippen LogP contribution in [0.15, 0.2) is 72.8 Å². The van der Waals surface area contributed by atoms with Crippen LogP contribution in [0.5, 0.6) is 11.5 Å². The van der Waals surface area contributed by atoms with E-state index in [9.17, 15) is 4.79 Å². The van der Waals surface area contributed by atoms with E-state index in [4.69, 9.17) is 27.0 Å². The molecule has 0 heterocycles. The Hall–Kier alpha value is -3.67. The average Bonchev–Trinajstić information content (AvgIpc) is 2.60. The van der Waals surface area contributed by atoms with Gasteiger partial charge in [0.05, 0.1) is 5.56 Å². The molecule has 25 heavy (non-hydrogen) atoms. The molecular weight excluding hydrogens is 318 g/mol. The van der Waals surface area contributed by atoms with Crippen LogP contribution in [-0.2, 0) is 0 Å². The van der Waals surface area contributed by atoms with Crippen molar-refractivity contribution in [3.05, 3.63) is 78.4 Å². The highest BCUT2D eigenvalue weighted by Gasteiger charge is 1.99. The average molecular weight is 337 g/mol. The minimum atomic E-state index is -0.931. The molecule has 6 nitrogen and oxygen atoms in total. The van der Waals surface area contributed by atoms with Crippen LogP contribution >= 0.6 is 0 Å². The largest absolute Gasteiger partial charge is 0.478 e. The molecule has 0 aliphatic heterocycles. The van der Waals surface area contributed by atoms with Gasteiger partial charge < -0.3 is 27.0 Å². The minimum Gasteiger partial charge on any atom is -0.478 e. The molecule has 0 atom stereocenters. The number of anilines is 3. The number of rotatable bonds is 3. The summed E-state index contributed by atoms with van der Waals surface area (Å²) in [5.74, 6) is 0.586. The molecule has 0 aliphatic rings. The van der Waals surface area contributed by atoms with Gasteiger partial charge in [0.15, 0.2) is 0 Å². The van der Waals surface area contributed by atoms with E-state index in [1.54, 1.807) is 36.4 Å². The zero-order valence-electron chi connectivity index (χ0n) is 13.4. The zero-order valence-corrected chi connectivity index (χ0v) is 13.4. The molecule has 0 aliphatic carbocycles. The van der Waals surface area contributed by atoms with Crippen molar-refractivity contribution in [1.82, 2.24) is 0 Å². The fraction of sp³-hybridized carbons (Fsp3) is 0. The highest BCUT2D eigenvalue weighted by molar-refractivity contribution is 5.87. The molecule has 0 aromatic heterocycles. The summed E-state index contributed by atoms with van der Waals surface area (Å²) in [6.07, 6.45) is 0. The summed E-state index contributed by atoms with van der Waals surface area (Å²) in [6.45, 7) is 0. The molecule has 0 spiro atoms. The summed E-state index contributed by atoms with van der Waals surface area (Å²) in [7, 11) is 0. The summed E-state index contributed by atoms with van der Waals surface area (Å²) in [5, 5.41) is 8.43. The summed E-state index contributed by atoms with van der Waals surface area (Å²) in [6, 6.07) is 20.6. The van der Waals surface area contributed by atoms with E-state index in [1.807, 2.05) is 24.3 Å². The summed E-state index contributed by atoms with van der Waals surface area (Å²) >= 11 is 0. The van der Waals surface area contributed by atoms with Gasteiger partial charge in [0.2, 0.25) is 0 Å². The highest BCUT2D eigenvalue weighted by Crippen LogP contribution is 2.22. The Morgan fingerprint density at radius 3 is 1.28 bits per heavy atom. The second-order valence-electron chi connectivity index (χ2n) is 5.17. The van der Waals surface area contributed by atoms with Crippen molar-refractivity contribution in [3.8, 4) is 11.5 Å². The number of ether oxygens (including phenoxy) is 1. The SMILES string of the molecule is Nc1ccc(C(=O)O)cc1.Nc1ccc(Oc2ccc(N)cc2)cc1. The number of benzene rings is 3. The third-order valence-electron chi connectivity index (χ3n) is 3.15. The fourth-order valence-corrected chi connectivity index (χ4v) is 1.83. The highest BCUT2D eigenvalue weighted by atomic mass is 16.5. The zero-order chi connectivity index (χ0) is 18.2. The quantitative estimate of drug-likeness (QED) is 0.541. The van der Waals surface area contributed by atoms with Crippen LogP contribution in [-0.4, -0.2) is 11.1 Å². The lowest BCUT2D eigenvalue weighted by molar-refractivity contribution is 0.0697. The molecule has 0 saturated carbocycles. The molecule has 7 N–H and O–H groups in total. The maximum absolute atomic E-state index is 10.3. The lowest BCUT2D eigenvalue weighted by Gasteiger charge is -2.05. The van der Waals surface area contributed by atoms with Gasteiger partial charge in [0.25, 0.3) is 0 Å². The van der Waals surface area contributed by atoms with E-state index in [2.05, 4.69) is 0 Å². The van der Waals surface area contributed by atoms with Gasteiger partial charge in [-0.15, -0.1) is 0 Å². The third-order valence-corrected chi connectivity index (χ3v) is 3.15. The molecule has 3 aromatic carbocycles. The number of nitrogen functional groups attached to an aromatic ring is 3. The Balaban J connectivity index is 0.000000196. The number of nitrogens with two attached hydrogens (primary N) is 3. The molecule has 3 rings (SSSR count). The van der Waals surface area contributed by atoms with Crippen molar-refractivity contribution in [3.63, 3.8) is 0 Å². The van der Waals surface area contributed by atoms with Gasteiger partial charge in [0.1, 0.15) is 11.5 Å². The van der Waals surface area contributed by atoms with Crippen LogP contribution < -0.4 is 21.9 Å². The first kappa shape index (κ1) is 17.7. The van der Waals surface area contributed by atoms with E-state index >= 15 is 0 Å². The first-order valence-corrected chi connectivity index (χ1v) is 7.42. The topological polar surface area (TPSA) is 125 Å². The Kier molecular flexibility index (Phi) is 5.84. The normalized spacial score (nSPS) is 9.60. The summed E-state index contributed by atoms with van der Waals surface area (Å²) in [5.41, 5.74) is 18.7. The molecule has 0 bridgehead atoms. The smallest absolute Gasteiger partial charge is 0.335 e. The van der Waals surface area contributed by atoms with Crippen molar-refractivity contribution in [2.24, 2.45) is 0 Å². The lowest BCUT2D eigenvalue weighted by atomic mass is 10.2. The van der Waals surface area contributed by atoms with Gasteiger partial charge in [0, 0.05) is 17.1 Å². The predicted octanol–water partition coefficient (Wildman–Crippen LogP) is 3.61. The van der Waals surface area contributed by atoms with E-state index in [0.29, 0.717) is 5.69 Å². The Labute approximate surface area is 145 Å². The molecule has 0 saturated heterocycles. The molecule has 0 unspecified atom stereocenters. The van der Waals surface area contributed by atoms with Crippen LogP contribution in [0.2, 0.25) is 0 Å². The van der Waals surface area contributed by atoms with Crippen molar-refractivity contribution in [2.45, 2.75) is 0 Å². The number of carboxylic acid groups (broad SMARTS) is 1. The number of carboxylic acids is 1. The van der Waals surface area contributed by atoms with Gasteiger partial charge in [-0.2, -0.15) is 0 Å². The number of carbonyl (C=O) groups is 1. The van der Waals surface area contributed by atoms with Crippen LogP contribution in [0, 0.1) is 0 Å². The van der Waals surface area contributed by atoms with E-state index in [0.717, 1.165) is 22.9 Å². The predicted molar refractivity (Wildman–Crippen MR) is 99.6 cm³/mol. The Bertz CT molecular complexity index is 771. The minimum absolute atomic E-state index is 0.259.